The number of nitrogens with zero attached hydrogens (tertiary/aromatic N) is 5. The van der Waals surface area contributed by atoms with Crippen molar-refractivity contribution in [3.05, 3.63) is 42.4 Å². The van der Waals surface area contributed by atoms with E-state index in [1.165, 1.54) is 6.33 Å². The van der Waals surface area contributed by atoms with Crippen molar-refractivity contribution in [3.63, 3.8) is 0 Å². The van der Waals surface area contributed by atoms with E-state index in [0.29, 0.717) is 36.9 Å². The molecule has 0 saturated carbocycles. The Hall–Kier alpha value is -2.61. The number of morpholine rings is 1. The van der Waals surface area contributed by atoms with E-state index in [0.717, 1.165) is 0 Å². The second-order valence-electron chi connectivity index (χ2n) is 4.75. The molecule has 0 unspecified atom stereocenters. The summed E-state index contributed by atoms with van der Waals surface area (Å²) in [5, 5.41) is 2.99. The Labute approximate surface area is 127 Å². The normalized spacial score (nSPS) is 18.0. The first-order chi connectivity index (χ1) is 10.8. The highest BCUT2D eigenvalue weighted by atomic mass is 16.5. The van der Waals surface area contributed by atoms with E-state index in [1.54, 1.807) is 36.6 Å². The van der Waals surface area contributed by atoms with Gasteiger partial charge < -0.3 is 15.0 Å². The topological polar surface area (TPSA) is 93.1 Å². The van der Waals surface area contributed by atoms with E-state index in [-0.39, 0.29) is 12.0 Å². The first-order valence-electron chi connectivity index (χ1n) is 6.95. The quantitative estimate of drug-likeness (QED) is 0.883. The molecule has 114 valence electrons. The van der Waals surface area contributed by atoms with E-state index in [2.05, 4.69) is 25.3 Å². The lowest BCUT2D eigenvalue weighted by molar-refractivity contribution is -0.0247. The Morgan fingerprint density at radius 3 is 2.95 bits per heavy atom. The van der Waals surface area contributed by atoms with Crippen LogP contribution in [0.3, 0.4) is 0 Å². The molecule has 1 fully saturated rings. The van der Waals surface area contributed by atoms with Crippen LogP contribution >= 0.6 is 0 Å². The van der Waals surface area contributed by atoms with Gasteiger partial charge >= 0.3 is 0 Å². The molecule has 22 heavy (non-hydrogen) atoms. The van der Waals surface area contributed by atoms with Crippen molar-refractivity contribution in [2.45, 2.75) is 6.10 Å². The number of carbonyl (C=O) groups excluding carboxylic acids is 1. The second kappa shape index (κ2) is 6.44. The summed E-state index contributed by atoms with van der Waals surface area (Å²) in [6, 6.07) is 1.61. The molecular formula is C14H16N6O2. The Kier molecular flexibility index (Phi) is 4.19. The molecule has 0 aromatic carbocycles. The SMILES string of the molecule is CNc1nccnc1[C@@H]1CN(C(=O)c2ccncn2)CCO1. The van der Waals surface area contributed by atoms with Gasteiger partial charge in [-0.05, 0) is 6.07 Å². The van der Waals surface area contributed by atoms with Gasteiger partial charge in [-0.1, -0.05) is 0 Å². The molecule has 3 heterocycles. The van der Waals surface area contributed by atoms with Gasteiger partial charge in [-0.25, -0.2) is 15.0 Å². The maximum absolute atomic E-state index is 12.5. The minimum absolute atomic E-state index is 0.134. The highest BCUT2D eigenvalue weighted by Gasteiger charge is 2.29. The zero-order valence-corrected chi connectivity index (χ0v) is 12.1. The van der Waals surface area contributed by atoms with Gasteiger partial charge in [0.2, 0.25) is 0 Å². The number of aromatic nitrogens is 4. The maximum Gasteiger partial charge on any atom is 0.272 e. The minimum atomic E-state index is -0.310. The van der Waals surface area contributed by atoms with Crippen molar-refractivity contribution in [1.82, 2.24) is 24.8 Å². The fourth-order valence-corrected chi connectivity index (χ4v) is 2.36. The summed E-state index contributed by atoms with van der Waals surface area (Å²) in [6.07, 6.45) is 5.84. The van der Waals surface area contributed by atoms with Crippen molar-refractivity contribution in [2.75, 3.05) is 32.1 Å². The Morgan fingerprint density at radius 1 is 1.32 bits per heavy atom. The van der Waals surface area contributed by atoms with Gasteiger partial charge in [-0.15, -0.1) is 0 Å². The summed E-state index contributed by atoms with van der Waals surface area (Å²) in [7, 11) is 1.78. The molecule has 8 heteroatoms. The molecule has 0 radical (unpaired) electrons. The molecule has 1 aliphatic rings. The summed E-state index contributed by atoms with van der Waals surface area (Å²) in [5.41, 5.74) is 1.08. The number of hydrogen-bond acceptors (Lipinski definition) is 7. The molecule has 0 spiro atoms. The van der Waals surface area contributed by atoms with Gasteiger partial charge in [-0.3, -0.25) is 9.78 Å². The molecule has 2 aromatic heterocycles. The standard InChI is InChI=1S/C14H16N6O2/c1-15-13-12(17-4-5-18-13)11-8-20(6-7-22-11)14(21)10-2-3-16-9-19-10/h2-5,9,11H,6-8H2,1H3,(H,15,18)/t11-/m0/s1. The van der Waals surface area contributed by atoms with Crippen LogP contribution in [0.5, 0.6) is 0 Å². The molecule has 1 aliphatic heterocycles. The van der Waals surface area contributed by atoms with Crippen LogP contribution in [0.15, 0.2) is 31.0 Å². The van der Waals surface area contributed by atoms with Crippen LogP contribution in [0.4, 0.5) is 5.82 Å². The number of nitrogens with one attached hydrogen (secondary N) is 1. The largest absolute Gasteiger partial charge is 0.372 e. The minimum Gasteiger partial charge on any atom is -0.372 e. The molecular weight excluding hydrogens is 284 g/mol. The van der Waals surface area contributed by atoms with Gasteiger partial charge in [0.15, 0.2) is 0 Å². The van der Waals surface area contributed by atoms with E-state index in [9.17, 15) is 4.79 Å². The first-order valence-corrected chi connectivity index (χ1v) is 6.95. The van der Waals surface area contributed by atoms with E-state index in [4.69, 9.17) is 4.74 Å². The number of amides is 1. The number of ether oxygens (including phenoxy) is 1. The summed E-state index contributed by atoms with van der Waals surface area (Å²) >= 11 is 0. The van der Waals surface area contributed by atoms with Crippen LogP contribution in [-0.2, 0) is 4.74 Å². The van der Waals surface area contributed by atoms with Crippen molar-refractivity contribution >= 4 is 11.7 Å². The molecule has 1 amide bonds. The third kappa shape index (κ3) is 2.86. The summed E-state index contributed by atoms with van der Waals surface area (Å²) in [4.78, 5) is 30.5. The van der Waals surface area contributed by atoms with Crippen molar-refractivity contribution in [3.8, 4) is 0 Å². The average molecular weight is 300 g/mol. The highest BCUT2D eigenvalue weighted by Crippen LogP contribution is 2.25. The smallest absolute Gasteiger partial charge is 0.272 e. The van der Waals surface area contributed by atoms with Crippen LogP contribution in [0.1, 0.15) is 22.3 Å². The Balaban J connectivity index is 1.78. The van der Waals surface area contributed by atoms with Crippen LogP contribution in [0.25, 0.3) is 0 Å². The van der Waals surface area contributed by atoms with Crippen molar-refractivity contribution in [2.24, 2.45) is 0 Å². The van der Waals surface area contributed by atoms with Gasteiger partial charge in [0, 0.05) is 32.2 Å². The predicted molar refractivity (Wildman–Crippen MR) is 78.2 cm³/mol. The second-order valence-corrected chi connectivity index (χ2v) is 4.75. The van der Waals surface area contributed by atoms with Gasteiger partial charge in [0.25, 0.3) is 5.91 Å². The van der Waals surface area contributed by atoms with Crippen LogP contribution < -0.4 is 5.32 Å². The number of rotatable bonds is 3. The van der Waals surface area contributed by atoms with Gasteiger partial charge in [0.1, 0.15) is 29.6 Å². The lowest BCUT2D eigenvalue weighted by atomic mass is 10.2. The lowest BCUT2D eigenvalue weighted by Gasteiger charge is -2.32. The maximum atomic E-state index is 12.5. The third-order valence-electron chi connectivity index (χ3n) is 3.42. The first kappa shape index (κ1) is 14.3. The van der Waals surface area contributed by atoms with Crippen molar-refractivity contribution in [1.29, 1.82) is 0 Å². The fraction of sp³-hybridized carbons (Fsp3) is 0.357. The van der Waals surface area contributed by atoms with Crippen LogP contribution in [-0.4, -0.2) is 57.5 Å². The molecule has 3 rings (SSSR count). The predicted octanol–water partition coefficient (Wildman–Crippen LogP) is 0.522. The molecule has 0 aliphatic carbocycles. The number of anilines is 1. The zero-order valence-electron chi connectivity index (χ0n) is 12.1. The molecule has 2 aromatic rings. The Bertz CT molecular complexity index is 651. The monoisotopic (exact) mass is 300 g/mol. The highest BCUT2D eigenvalue weighted by molar-refractivity contribution is 5.92. The van der Waals surface area contributed by atoms with Crippen LogP contribution in [0, 0.1) is 0 Å². The lowest BCUT2D eigenvalue weighted by Crippen LogP contribution is -2.43. The van der Waals surface area contributed by atoms with Gasteiger partial charge in [-0.2, -0.15) is 0 Å². The molecule has 1 saturated heterocycles. The third-order valence-corrected chi connectivity index (χ3v) is 3.42. The molecule has 0 bridgehead atoms. The summed E-state index contributed by atoms with van der Waals surface area (Å²) < 4.78 is 5.75. The molecule has 1 N–H and O–H groups in total. The molecule has 8 nitrogen and oxygen atoms in total. The average Bonchev–Trinajstić information content (AvgIpc) is 2.62. The number of hydrogen-bond donors (Lipinski definition) is 1. The fourth-order valence-electron chi connectivity index (χ4n) is 2.36. The summed E-state index contributed by atoms with van der Waals surface area (Å²) in [6.45, 7) is 1.38. The Morgan fingerprint density at radius 2 is 2.18 bits per heavy atom. The van der Waals surface area contributed by atoms with E-state index >= 15 is 0 Å². The zero-order chi connectivity index (χ0) is 15.4. The summed E-state index contributed by atoms with van der Waals surface area (Å²) in [5.74, 6) is 0.523. The molecule has 1 atom stereocenters. The van der Waals surface area contributed by atoms with Gasteiger partial charge in [0.05, 0.1) is 13.2 Å². The van der Waals surface area contributed by atoms with E-state index in [1.807, 2.05) is 0 Å². The van der Waals surface area contributed by atoms with Crippen LogP contribution in [0.2, 0.25) is 0 Å². The number of carbonyl (C=O) groups is 1. The van der Waals surface area contributed by atoms with Crippen molar-refractivity contribution < 1.29 is 9.53 Å². The van der Waals surface area contributed by atoms with E-state index < -0.39 is 0 Å².